The predicted molar refractivity (Wildman–Crippen MR) is 85.2 cm³/mol. The molecule has 2 rings (SSSR count). The molecular weight excluding hydrogens is 264 g/mol. The third-order valence-corrected chi connectivity index (χ3v) is 5.18. The average molecular weight is 296 g/mol. The number of hydrogen-bond donors (Lipinski definition) is 1. The van der Waals surface area contributed by atoms with Crippen molar-refractivity contribution in [2.45, 2.75) is 57.9 Å². The maximum atomic E-state index is 12.5. The molecule has 1 N–H and O–H groups in total. The first-order valence-corrected chi connectivity index (χ1v) is 8.72. The second kappa shape index (κ2) is 7.59. The monoisotopic (exact) mass is 296 g/mol. The van der Waals surface area contributed by atoms with E-state index in [9.17, 15) is 4.79 Å². The fraction of sp³-hybridized carbons (Fsp3) is 0.941. The molecule has 0 aromatic heterocycles. The zero-order chi connectivity index (χ0) is 15.3. The van der Waals surface area contributed by atoms with Crippen molar-refractivity contribution in [2.24, 2.45) is 11.8 Å². The van der Waals surface area contributed by atoms with Crippen molar-refractivity contribution in [3.8, 4) is 0 Å². The van der Waals surface area contributed by atoms with Crippen molar-refractivity contribution in [3.05, 3.63) is 0 Å². The highest BCUT2D eigenvalue weighted by molar-refractivity contribution is 5.82. The summed E-state index contributed by atoms with van der Waals surface area (Å²) in [6.07, 6.45) is 7.42. The third kappa shape index (κ3) is 3.98. The first-order valence-electron chi connectivity index (χ1n) is 8.72. The summed E-state index contributed by atoms with van der Waals surface area (Å²) in [7, 11) is 1.52. The van der Waals surface area contributed by atoms with Crippen molar-refractivity contribution in [1.82, 2.24) is 10.2 Å². The molecule has 0 bridgehead atoms. The molecule has 2 saturated carbocycles. The highest BCUT2D eigenvalue weighted by Gasteiger charge is 2.52. The van der Waals surface area contributed by atoms with Crippen LogP contribution in [0.2, 0.25) is 0 Å². The van der Waals surface area contributed by atoms with Gasteiger partial charge in [-0.1, -0.05) is 20.3 Å². The Hall–Kier alpha value is -0.610. The molecule has 0 amide bonds. The van der Waals surface area contributed by atoms with Gasteiger partial charge in [-0.3, -0.25) is 0 Å². The van der Waals surface area contributed by atoms with Gasteiger partial charge in [0.15, 0.2) is 0 Å². The van der Waals surface area contributed by atoms with Gasteiger partial charge in [-0.15, -0.1) is 0 Å². The Kier molecular flexibility index (Phi) is 6.06. The van der Waals surface area contributed by atoms with E-state index in [0.717, 1.165) is 51.4 Å². The number of esters is 1. The number of nitrogens with one attached hydrogen (secondary N) is 1. The Bertz CT molecular complexity index is 340. The topological polar surface area (TPSA) is 41.6 Å². The maximum Gasteiger partial charge on any atom is 0.327 e. The lowest BCUT2D eigenvalue weighted by molar-refractivity contribution is -0.151. The summed E-state index contributed by atoms with van der Waals surface area (Å²) in [5.74, 6) is 1.23. The van der Waals surface area contributed by atoms with Gasteiger partial charge in [0.2, 0.25) is 0 Å². The summed E-state index contributed by atoms with van der Waals surface area (Å²) in [5.41, 5.74) is -0.482. The van der Waals surface area contributed by atoms with E-state index in [-0.39, 0.29) is 5.97 Å². The van der Waals surface area contributed by atoms with Gasteiger partial charge >= 0.3 is 5.97 Å². The molecule has 2 aliphatic rings. The van der Waals surface area contributed by atoms with Crippen LogP contribution in [0.1, 0.15) is 52.4 Å². The van der Waals surface area contributed by atoms with Gasteiger partial charge in [0.1, 0.15) is 5.54 Å². The Morgan fingerprint density at radius 1 is 1.29 bits per heavy atom. The average Bonchev–Trinajstić information content (AvgIpc) is 3.29. The van der Waals surface area contributed by atoms with E-state index in [1.54, 1.807) is 0 Å². The minimum absolute atomic E-state index is 0.0643. The molecular formula is C17H32N2O2. The molecule has 2 fully saturated rings. The molecule has 1 atom stereocenters. The number of methoxy groups -OCH3 is 1. The summed E-state index contributed by atoms with van der Waals surface area (Å²) < 4.78 is 5.18. The van der Waals surface area contributed by atoms with Crippen molar-refractivity contribution < 1.29 is 9.53 Å². The van der Waals surface area contributed by atoms with E-state index < -0.39 is 5.54 Å². The van der Waals surface area contributed by atoms with Crippen LogP contribution in [-0.4, -0.2) is 49.7 Å². The number of carbonyl (C=O) groups is 1. The standard InChI is InChI=1S/C17H32N2O2/c1-4-11-18-17(15-9-10-15,16(20)21-3)13-19(5-2)12-14-7-6-8-14/h14-15,18H,4-13H2,1-3H3. The molecule has 0 radical (unpaired) electrons. The quantitative estimate of drug-likeness (QED) is 0.629. The van der Waals surface area contributed by atoms with E-state index in [4.69, 9.17) is 4.74 Å². The van der Waals surface area contributed by atoms with E-state index in [1.807, 2.05) is 0 Å². The molecule has 0 saturated heterocycles. The minimum atomic E-state index is -0.482. The molecule has 0 aliphatic heterocycles. The van der Waals surface area contributed by atoms with E-state index in [0.29, 0.717) is 5.92 Å². The molecule has 21 heavy (non-hydrogen) atoms. The van der Waals surface area contributed by atoms with Crippen LogP contribution in [-0.2, 0) is 9.53 Å². The highest BCUT2D eigenvalue weighted by Crippen LogP contribution is 2.41. The number of nitrogens with zero attached hydrogens (tertiary/aromatic N) is 1. The summed E-state index contributed by atoms with van der Waals surface area (Å²) in [4.78, 5) is 15.0. The van der Waals surface area contributed by atoms with Crippen LogP contribution in [0.15, 0.2) is 0 Å². The number of rotatable bonds is 10. The minimum Gasteiger partial charge on any atom is -0.468 e. The van der Waals surface area contributed by atoms with Crippen molar-refractivity contribution in [3.63, 3.8) is 0 Å². The molecule has 122 valence electrons. The number of ether oxygens (including phenoxy) is 1. The summed E-state index contributed by atoms with van der Waals surface area (Å²) in [6, 6.07) is 0. The van der Waals surface area contributed by atoms with Crippen molar-refractivity contribution >= 4 is 5.97 Å². The smallest absolute Gasteiger partial charge is 0.327 e. The Labute approximate surface area is 129 Å². The summed E-state index contributed by atoms with van der Waals surface area (Å²) in [6.45, 7) is 8.18. The van der Waals surface area contributed by atoms with Crippen LogP contribution in [0.4, 0.5) is 0 Å². The van der Waals surface area contributed by atoms with Crippen LogP contribution < -0.4 is 5.32 Å². The molecule has 4 heteroatoms. The largest absolute Gasteiger partial charge is 0.468 e. The molecule has 4 nitrogen and oxygen atoms in total. The lowest BCUT2D eigenvalue weighted by Crippen LogP contribution is -2.61. The van der Waals surface area contributed by atoms with Crippen molar-refractivity contribution in [1.29, 1.82) is 0 Å². The number of hydrogen-bond acceptors (Lipinski definition) is 4. The fourth-order valence-corrected chi connectivity index (χ4v) is 3.44. The first kappa shape index (κ1) is 16.8. The van der Waals surface area contributed by atoms with E-state index in [2.05, 4.69) is 24.1 Å². The lowest BCUT2D eigenvalue weighted by atomic mass is 9.84. The molecule has 2 aliphatic carbocycles. The van der Waals surface area contributed by atoms with Crippen molar-refractivity contribution in [2.75, 3.05) is 33.3 Å². The van der Waals surface area contributed by atoms with Gasteiger partial charge in [-0.25, -0.2) is 4.79 Å². The zero-order valence-corrected chi connectivity index (χ0v) is 14.0. The van der Waals surface area contributed by atoms with Gasteiger partial charge in [0, 0.05) is 13.1 Å². The molecule has 1 unspecified atom stereocenters. The van der Waals surface area contributed by atoms with Gasteiger partial charge in [0.05, 0.1) is 7.11 Å². The third-order valence-electron chi connectivity index (χ3n) is 5.18. The van der Waals surface area contributed by atoms with Crippen LogP contribution in [0.25, 0.3) is 0 Å². The first-order chi connectivity index (χ1) is 10.2. The van der Waals surface area contributed by atoms with Gasteiger partial charge < -0.3 is 15.0 Å². The van der Waals surface area contributed by atoms with Gasteiger partial charge in [-0.2, -0.15) is 0 Å². The zero-order valence-electron chi connectivity index (χ0n) is 14.0. The molecule has 0 heterocycles. The van der Waals surface area contributed by atoms with Crippen LogP contribution in [0.3, 0.4) is 0 Å². The van der Waals surface area contributed by atoms with Crippen LogP contribution in [0, 0.1) is 11.8 Å². The van der Waals surface area contributed by atoms with Crippen LogP contribution in [0.5, 0.6) is 0 Å². The fourth-order valence-electron chi connectivity index (χ4n) is 3.44. The Morgan fingerprint density at radius 2 is 2.00 bits per heavy atom. The lowest BCUT2D eigenvalue weighted by Gasteiger charge is -2.39. The number of likely N-dealkylation sites (N-methyl/N-ethyl adjacent to an activating group) is 1. The van der Waals surface area contributed by atoms with Crippen LogP contribution >= 0.6 is 0 Å². The highest BCUT2D eigenvalue weighted by atomic mass is 16.5. The predicted octanol–water partition coefficient (Wildman–Crippen LogP) is 2.43. The molecule has 0 spiro atoms. The van der Waals surface area contributed by atoms with E-state index >= 15 is 0 Å². The SMILES string of the molecule is CCCNC(CN(CC)CC1CCC1)(C(=O)OC)C1CC1. The van der Waals surface area contributed by atoms with Gasteiger partial charge in [-0.05, 0) is 57.0 Å². The summed E-state index contributed by atoms with van der Waals surface area (Å²) >= 11 is 0. The molecule has 0 aromatic rings. The second-order valence-electron chi connectivity index (χ2n) is 6.79. The van der Waals surface area contributed by atoms with Gasteiger partial charge in [0.25, 0.3) is 0 Å². The Balaban J connectivity index is 2.06. The van der Waals surface area contributed by atoms with E-state index in [1.165, 1.54) is 26.4 Å². The number of carbonyl (C=O) groups excluding carboxylic acids is 1. The molecule has 0 aromatic carbocycles. The second-order valence-corrected chi connectivity index (χ2v) is 6.79. The summed E-state index contributed by atoms with van der Waals surface area (Å²) in [5, 5.41) is 3.55. The Morgan fingerprint density at radius 3 is 2.43 bits per heavy atom. The maximum absolute atomic E-state index is 12.5. The normalized spacial score (nSPS) is 21.9.